The lowest BCUT2D eigenvalue weighted by molar-refractivity contribution is -0.118. The van der Waals surface area contributed by atoms with Gasteiger partial charge in [-0.25, -0.2) is 4.39 Å². The van der Waals surface area contributed by atoms with Crippen LogP contribution in [0.2, 0.25) is 0 Å². The van der Waals surface area contributed by atoms with Gasteiger partial charge in [-0.1, -0.05) is 6.07 Å². The molecule has 0 fully saturated rings. The molecule has 0 bridgehead atoms. The smallest absolute Gasteiger partial charge is 0.262 e. The van der Waals surface area contributed by atoms with Gasteiger partial charge in [-0.15, -0.1) is 0 Å². The largest absolute Gasteiger partial charge is 0.484 e. The van der Waals surface area contributed by atoms with E-state index in [0.29, 0.717) is 34.2 Å². The molecule has 4 rings (SSSR count). The molecule has 2 N–H and O–H groups in total. The predicted octanol–water partition coefficient (Wildman–Crippen LogP) is 4.51. The van der Waals surface area contributed by atoms with Gasteiger partial charge in [-0.3, -0.25) is 9.59 Å². The summed E-state index contributed by atoms with van der Waals surface area (Å²) in [5.41, 5.74) is 2.31. The molecule has 0 spiro atoms. The van der Waals surface area contributed by atoms with Crippen molar-refractivity contribution in [2.75, 3.05) is 17.2 Å². The van der Waals surface area contributed by atoms with Crippen LogP contribution in [0.1, 0.15) is 15.9 Å². The average Bonchev–Trinajstić information content (AvgIpc) is 2.83. The Morgan fingerprint density at radius 2 is 1.83 bits per heavy atom. The summed E-state index contributed by atoms with van der Waals surface area (Å²) in [6.07, 6.45) is 0. The Kier molecular flexibility index (Phi) is 4.87. The van der Waals surface area contributed by atoms with Gasteiger partial charge in [0, 0.05) is 5.69 Å². The van der Waals surface area contributed by atoms with Gasteiger partial charge in [0.05, 0.1) is 11.3 Å². The van der Waals surface area contributed by atoms with E-state index in [1.54, 1.807) is 24.3 Å². The van der Waals surface area contributed by atoms with Crippen molar-refractivity contribution in [3.63, 3.8) is 0 Å². The van der Waals surface area contributed by atoms with Crippen LogP contribution in [0.15, 0.2) is 60.7 Å². The van der Waals surface area contributed by atoms with E-state index >= 15 is 0 Å². The monoisotopic (exact) mass is 392 g/mol. The van der Waals surface area contributed by atoms with Gasteiger partial charge in [0.25, 0.3) is 11.8 Å². The highest BCUT2D eigenvalue weighted by molar-refractivity contribution is 6.09. The van der Waals surface area contributed by atoms with Crippen molar-refractivity contribution in [3.05, 3.63) is 77.6 Å². The fourth-order valence-corrected chi connectivity index (χ4v) is 2.89. The lowest BCUT2D eigenvalue weighted by Gasteiger charge is -2.10. The number of hydrogen-bond acceptors (Lipinski definition) is 4. The van der Waals surface area contributed by atoms with Gasteiger partial charge in [0.1, 0.15) is 17.3 Å². The highest BCUT2D eigenvalue weighted by Crippen LogP contribution is 2.37. The fraction of sp³-hybridized carbons (Fsp3) is 0.0909. The first-order chi connectivity index (χ1) is 14.0. The Hall–Kier alpha value is -3.87. The summed E-state index contributed by atoms with van der Waals surface area (Å²) >= 11 is 0. The molecule has 0 saturated carbocycles. The molecular weight excluding hydrogens is 375 g/mol. The predicted molar refractivity (Wildman–Crippen MR) is 106 cm³/mol. The van der Waals surface area contributed by atoms with Crippen molar-refractivity contribution < 1.29 is 23.5 Å². The van der Waals surface area contributed by atoms with Gasteiger partial charge in [0.15, 0.2) is 12.4 Å². The second-order valence-corrected chi connectivity index (χ2v) is 6.56. The number of carbonyl (C=O) groups is 2. The van der Waals surface area contributed by atoms with Gasteiger partial charge < -0.3 is 20.1 Å². The SMILES string of the molecule is Cc1ccc2c(c1)NC(=O)c1cc(NC(=O)COc3ccc(F)cc3)ccc1O2. The molecule has 0 unspecified atom stereocenters. The summed E-state index contributed by atoms with van der Waals surface area (Å²) in [6.45, 7) is 1.67. The van der Waals surface area contributed by atoms with Gasteiger partial charge in [-0.05, 0) is 67.1 Å². The van der Waals surface area contributed by atoms with E-state index in [2.05, 4.69) is 10.6 Å². The molecule has 29 heavy (non-hydrogen) atoms. The maximum absolute atomic E-state index is 12.9. The highest BCUT2D eigenvalue weighted by atomic mass is 19.1. The molecule has 0 atom stereocenters. The lowest BCUT2D eigenvalue weighted by Crippen LogP contribution is -2.20. The van der Waals surface area contributed by atoms with Gasteiger partial charge in [0.2, 0.25) is 0 Å². The zero-order valence-corrected chi connectivity index (χ0v) is 15.5. The van der Waals surface area contributed by atoms with Crippen LogP contribution >= 0.6 is 0 Å². The van der Waals surface area contributed by atoms with Crippen LogP contribution in [0.4, 0.5) is 15.8 Å². The lowest BCUT2D eigenvalue weighted by atomic mass is 10.1. The van der Waals surface area contributed by atoms with Crippen LogP contribution in [-0.4, -0.2) is 18.4 Å². The Balaban J connectivity index is 1.46. The fourth-order valence-electron chi connectivity index (χ4n) is 2.89. The number of amides is 2. The summed E-state index contributed by atoms with van der Waals surface area (Å²) in [5.74, 6) is 0.192. The maximum atomic E-state index is 12.9. The van der Waals surface area contributed by atoms with Crippen molar-refractivity contribution in [2.45, 2.75) is 6.92 Å². The first-order valence-electron chi connectivity index (χ1n) is 8.90. The molecule has 0 aliphatic carbocycles. The Bertz CT molecular complexity index is 1100. The number of ether oxygens (including phenoxy) is 2. The molecule has 1 aliphatic rings. The van der Waals surface area contributed by atoms with Crippen LogP contribution in [0.3, 0.4) is 0 Å². The molecule has 3 aromatic carbocycles. The van der Waals surface area contributed by atoms with Crippen LogP contribution in [0.25, 0.3) is 0 Å². The Morgan fingerprint density at radius 1 is 1.07 bits per heavy atom. The second kappa shape index (κ2) is 7.63. The topological polar surface area (TPSA) is 76.7 Å². The number of carbonyl (C=O) groups excluding carboxylic acids is 2. The summed E-state index contributed by atoms with van der Waals surface area (Å²) in [7, 11) is 0. The third-order valence-electron chi connectivity index (χ3n) is 4.29. The first-order valence-corrected chi connectivity index (χ1v) is 8.90. The minimum Gasteiger partial charge on any atom is -0.484 e. The molecule has 146 valence electrons. The molecule has 0 radical (unpaired) electrons. The molecule has 2 amide bonds. The van der Waals surface area contributed by atoms with E-state index in [1.165, 1.54) is 24.3 Å². The third-order valence-corrected chi connectivity index (χ3v) is 4.29. The van der Waals surface area contributed by atoms with E-state index < -0.39 is 5.91 Å². The molecule has 6 nitrogen and oxygen atoms in total. The molecule has 0 aromatic heterocycles. The van der Waals surface area contributed by atoms with Crippen LogP contribution in [0, 0.1) is 12.7 Å². The Labute approximate surface area is 166 Å². The number of hydrogen-bond donors (Lipinski definition) is 2. The van der Waals surface area contributed by atoms with E-state index in [9.17, 15) is 14.0 Å². The molecule has 1 heterocycles. The van der Waals surface area contributed by atoms with E-state index in [-0.39, 0.29) is 18.3 Å². The third kappa shape index (κ3) is 4.19. The standard InChI is InChI=1S/C22H17FN2O4/c1-13-2-8-20-18(10-13)25-22(27)17-11-15(5-9-19(17)29-20)24-21(26)12-28-16-6-3-14(23)4-7-16/h2-11H,12H2,1H3,(H,24,26)(H,25,27). The van der Waals surface area contributed by atoms with Crippen LogP contribution in [-0.2, 0) is 4.79 Å². The summed E-state index contributed by atoms with van der Waals surface area (Å²) in [6, 6.07) is 15.7. The van der Waals surface area contributed by atoms with Crippen molar-refractivity contribution in [1.29, 1.82) is 0 Å². The van der Waals surface area contributed by atoms with E-state index in [0.717, 1.165) is 5.56 Å². The van der Waals surface area contributed by atoms with E-state index in [4.69, 9.17) is 9.47 Å². The minimum atomic E-state index is -0.414. The number of rotatable bonds is 4. The van der Waals surface area contributed by atoms with Crippen molar-refractivity contribution in [2.24, 2.45) is 0 Å². The number of fused-ring (bicyclic) bond motifs is 2. The highest BCUT2D eigenvalue weighted by Gasteiger charge is 2.21. The van der Waals surface area contributed by atoms with E-state index in [1.807, 2.05) is 19.1 Å². The number of anilines is 2. The number of halogens is 1. The summed E-state index contributed by atoms with van der Waals surface area (Å²) < 4.78 is 24.1. The van der Waals surface area contributed by atoms with Gasteiger partial charge >= 0.3 is 0 Å². The molecule has 3 aromatic rings. The van der Waals surface area contributed by atoms with Crippen molar-refractivity contribution in [3.8, 4) is 17.2 Å². The molecule has 0 saturated heterocycles. The van der Waals surface area contributed by atoms with Crippen molar-refractivity contribution >= 4 is 23.2 Å². The molecule has 1 aliphatic heterocycles. The first kappa shape index (κ1) is 18.5. The van der Waals surface area contributed by atoms with Crippen LogP contribution < -0.4 is 20.1 Å². The molecular formula is C22H17FN2O4. The number of aryl methyl sites for hydroxylation is 1. The Morgan fingerprint density at radius 3 is 2.62 bits per heavy atom. The van der Waals surface area contributed by atoms with Crippen LogP contribution in [0.5, 0.6) is 17.2 Å². The number of nitrogens with one attached hydrogen (secondary N) is 2. The average molecular weight is 392 g/mol. The normalized spacial score (nSPS) is 12.0. The number of benzene rings is 3. The summed E-state index contributed by atoms with van der Waals surface area (Å²) in [4.78, 5) is 24.7. The van der Waals surface area contributed by atoms with Gasteiger partial charge in [-0.2, -0.15) is 0 Å². The second-order valence-electron chi connectivity index (χ2n) is 6.56. The zero-order chi connectivity index (χ0) is 20.4. The minimum absolute atomic E-state index is 0.254. The molecule has 7 heteroatoms. The summed E-state index contributed by atoms with van der Waals surface area (Å²) in [5, 5.41) is 5.49. The quantitative estimate of drug-likeness (QED) is 0.685. The van der Waals surface area contributed by atoms with Crippen molar-refractivity contribution in [1.82, 2.24) is 0 Å². The maximum Gasteiger partial charge on any atom is 0.262 e. The zero-order valence-electron chi connectivity index (χ0n) is 15.5.